The van der Waals surface area contributed by atoms with Crippen molar-refractivity contribution in [3.05, 3.63) is 90.5 Å². The van der Waals surface area contributed by atoms with Gasteiger partial charge in [-0.25, -0.2) is 4.98 Å². The molecule has 1 atom stereocenters. The molecule has 6 nitrogen and oxygen atoms in total. The molecule has 2 amide bonds. The summed E-state index contributed by atoms with van der Waals surface area (Å²) in [7, 11) is 0. The number of hydrogen-bond donors (Lipinski definition) is 2. The molecule has 1 heterocycles. The van der Waals surface area contributed by atoms with Crippen LogP contribution in [0.3, 0.4) is 0 Å². The van der Waals surface area contributed by atoms with Gasteiger partial charge in [0.1, 0.15) is 6.04 Å². The van der Waals surface area contributed by atoms with E-state index in [4.69, 9.17) is 5.73 Å². The molecule has 0 aliphatic heterocycles. The van der Waals surface area contributed by atoms with Crippen molar-refractivity contribution < 1.29 is 9.59 Å². The van der Waals surface area contributed by atoms with E-state index in [0.29, 0.717) is 5.56 Å². The Morgan fingerprint density at radius 1 is 1.08 bits per heavy atom. The van der Waals surface area contributed by atoms with Gasteiger partial charge in [0.05, 0.1) is 6.33 Å². The number of hydrogen-bond acceptors (Lipinski definition) is 3. The quantitative estimate of drug-likeness (QED) is 0.671. The van der Waals surface area contributed by atoms with Crippen molar-refractivity contribution >= 4 is 17.9 Å². The average molecular weight is 346 g/mol. The van der Waals surface area contributed by atoms with Gasteiger partial charge in [-0.3, -0.25) is 9.59 Å². The van der Waals surface area contributed by atoms with E-state index in [0.717, 1.165) is 11.3 Å². The van der Waals surface area contributed by atoms with E-state index in [1.165, 1.54) is 6.08 Å². The first-order valence-corrected chi connectivity index (χ1v) is 8.05. The number of nitrogens with two attached hydrogens (primary N) is 1. The number of carbonyl (C=O) groups excluding carboxylic acids is 2. The summed E-state index contributed by atoms with van der Waals surface area (Å²) in [5.41, 5.74) is 7.88. The van der Waals surface area contributed by atoms with Crippen LogP contribution in [-0.4, -0.2) is 21.4 Å². The first-order chi connectivity index (χ1) is 12.6. The van der Waals surface area contributed by atoms with Crippen LogP contribution in [0, 0.1) is 0 Å². The van der Waals surface area contributed by atoms with Crippen LogP contribution in [0.1, 0.15) is 17.2 Å². The van der Waals surface area contributed by atoms with Crippen molar-refractivity contribution in [3.63, 3.8) is 0 Å². The highest BCUT2D eigenvalue weighted by molar-refractivity contribution is 5.95. The maximum atomic E-state index is 12.1. The van der Waals surface area contributed by atoms with Crippen LogP contribution in [-0.2, 0) is 9.59 Å². The van der Waals surface area contributed by atoms with Gasteiger partial charge in [-0.05, 0) is 29.3 Å². The van der Waals surface area contributed by atoms with E-state index in [1.54, 1.807) is 42.9 Å². The molecule has 3 aromatic rings. The lowest BCUT2D eigenvalue weighted by Gasteiger charge is -2.14. The molecular formula is C20H18N4O2. The number of amides is 2. The molecule has 26 heavy (non-hydrogen) atoms. The summed E-state index contributed by atoms with van der Waals surface area (Å²) in [6, 6.07) is 15.7. The minimum Gasteiger partial charge on any atom is -0.368 e. The highest BCUT2D eigenvalue weighted by Gasteiger charge is 2.18. The van der Waals surface area contributed by atoms with Crippen molar-refractivity contribution in [3.8, 4) is 5.69 Å². The molecule has 0 spiro atoms. The second-order valence-corrected chi connectivity index (χ2v) is 5.65. The fourth-order valence-electron chi connectivity index (χ4n) is 2.50. The first-order valence-electron chi connectivity index (χ1n) is 8.05. The zero-order valence-corrected chi connectivity index (χ0v) is 13.9. The van der Waals surface area contributed by atoms with Gasteiger partial charge in [-0.2, -0.15) is 0 Å². The lowest BCUT2D eigenvalue weighted by atomic mass is 10.1. The number of primary amides is 1. The molecule has 1 unspecified atom stereocenters. The zero-order chi connectivity index (χ0) is 18.4. The molecule has 0 aliphatic carbocycles. The number of nitrogens with zero attached hydrogens (tertiary/aromatic N) is 2. The van der Waals surface area contributed by atoms with Crippen molar-refractivity contribution in [1.82, 2.24) is 14.9 Å². The lowest BCUT2D eigenvalue weighted by molar-refractivity contribution is -0.125. The number of nitrogens with one attached hydrogen (secondary N) is 1. The fraction of sp³-hybridized carbons (Fsp3) is 0.0500. The normalized spacial score (nSPS) is 12.0. The Hall–Kier alpha value is -3.67. The second kappa shape index (κ2) is 7.94. The molecule has 0 saturated carbocycles. The highest BCUT2D eigenvalue weighted by Crippen LogP contribution is 2.13. The van der Waals surface area contributed by atoms with Crippen LogP contribution in [0.4, 0.5) is 0 Å². The first kappa shape index (κ1) is 17.2. The molecule has 3 N–H and O–H groups in total. The Morgan fingerprint density at radius 2 is 1.81 bits per heavy atom. The largest absolute Gasteiger partial charge is 0.368 e. The van der Waals surface area contributed by atoms with Gasteiger partial charge in [0.2, 0.25) is 11.8 Å². The van der Waals surface area contributed by atoms with Crippen molar-refractivity contribution in [2.75, 3.05) is 0 Å². The summed E-state index contributed by atoms with van der Waals surface area (Å²) in [5.74, 6) is -1.00. The summed E-state index contributed by atoms with van der Waals surface area (Å²) in [4.78, 5) is 27.8. The Labute approximate surface area is 151 Å². The predicted octanol–water partition coefficient (Wildman–Crippen LogP) is 2.23. The van der Waals surface area contributed by atoms with E-state index in [1.807, 2.05) is 41.1 Å². The van der Waals surface area contributed by atoms with Crippen LogP contribution in [0.5, 0.6) is 0 Å². The predicted molar refractivity (Wildman–Crippen MR) is 99.1 cm³/mol. The molecule has 0 fully saturated rings. The number of rotatable bonds is 6. The Balaban J connectivity index is 1.66. The SMILES string of the molecule is NC(=O)C(NC(=O)C=Cc1ccc(-n2ccnc2)cc1)c1ccccc1. The standard InChI is InChI=1S/C20H18N4O2/c21-20(26)19(16-4-2-1-3-5-16)23-18(25)11-8-15-6-9-17(10-7-15)24-13-12-22-14-24/h1-14,19H,(H2,21,26)(H,23,25). The summed E-state index contributed by atoms with van der Waals surface area (Å²) >= 11 is 0. The molecule has 0 bridgehead atoms. The van der Waals surface area contributed by atoms with Gasteiger partial charge in [0.25, 0.3) is 0 Å². The molecule has 0 aliphatic rings. The number of imidazole rings is 1. The Bertz CT molecular complexity index is 901. The fourth-order valence-corrected chi connectivity index (χ4v) is 2.50. The average Bonchev–Trinajstić information content (AvgIpc) is 3.20. The minimum atomic E-state index is -0.864. The Kier molecular flexibility index (Phi) is 5.24. The van der Waals surface area contributed by atoms with Gasteiger partial charge >= 0.3 is 0 Å². The second-order valence-electron chi connectivity index (χ2n) is 5.65. The van der Waals surface area contributed by atoms with E-state index in [9.17, 15) is 9.59 Å². The number of aromatic nitrogens is 2. The van der Waals surface area contributed by atoms with Gasteiger partial charge < -0.3 is 15.6 Å². The van der Waals surface area contributed by atoms with Crippen molar-refractivity contribution in [2.45, 2.75) is 6.04 Å². The smallest absolute Gasteiger partial charge is 0.244 e. The third-order valence-electron chi connectivity index (χ3n) is 3.83. The molecular weight excluding hydrogens is 328 g/mol. The molecule has 1 aromatic heterocycles. The molecule has 130 valence electrons. The van der Waals surface area contributed by atoms with E-state index < -0.39 is 17.9 Å². The lowest BCUT2D eigenvalue weighted by Crippen LogP contribution is -2.36. The van der Waals surface area contributed by atoms with Crippen LogP contribution >= 0.6 is 0 Å². The number of carbonyl (C=O) groups is 2. The zero-order valence-electron chi connectivity index (χ0n) is 13.9. The highest BCUT2D eigenvalue weighted by atomic mass is 16.2. The van der Waals surface area contributed by atoms with Crippen molar-refractivity contribution in [2.24, 2.45) is 5.73 Å². The van der Waals surface area contributed by atoms with Crippen LogP contribution < -0.4 is 11.1 Å². The maximum Gasteiger partial charge on any atom is 0.244 e. The summed E-state index contributed by atoms with van der Waals surface area (Å²) in [6.07, 6.45) is 8.33. The number of benzene rings is 2. The van der Waals surface area contributed by atoms with E-state index in [-0.39, 0.29) is 0 Å². The van der Waals surface area contributed by atoms with Crippen LogP contribution in [0.25, 0.3) is 11.8 Å². The van der Waals surface area contributed by atoms with Crippen LogP contribution in [0.2, 0.25) is 0 Å². The maximum absolute atomic E-state index is 12.1. The molecule has 0 radical (unpaired) electrons. The summed E-state index contributed by atoms with van der Waals surface area (Å²) in [6.45, 7) is 0. The topological polar surface area (TPSA) is 90.0 Å². The molecule has 2 aromatic carbocycles. The van der Waals surface area contributed by atoms with E-state index >= 15 is 0 Å². The van der Waals surface area contributed by atoms with Gasteiger partial charge in [0, 0.05) is 24.2 Å². The van der Waals surface area contributed by atoms with Crippen LogP contribution in [0.15, 0.2) is 79.4 Å². The van der Waals surface area contributed by atoms with E-state index in [2.05, 4.69) is 10.3 Å². The van der Waals surface area contributed by atoms with Crippen molar-refractivity contribution in [1.29, 1.82) is 0 Å². The molecule has 6 heteroatoms. The molecule has 0 saturated heterocycles. The third kappa shape index (κ3) is 4.24. The Morgan fingerprint density at radius 3 is 2.42 bits per heavy atom. The molecule has 3 rings (SSSR count). The third-order valence-corrected chi connectivity index (χ3v) is 3.83. The van der Waals surface area contributed by atoms with Gasteiger partial charge in [-0.1, -0.05) is 42.5 Å². The van der Waals surface area contributed by atoms with Gasteiger partial charge in [-0.15, -0.1) is 0 Å². The monoisotopic (exact) mass is 346 g/mol. The van der Waals surface area contributed by atoms with Gasteiger partial charge in [0.15, 0.2) is 0 Å². The summed E-state index contributed by atoms with van der Waals surface area (Å²) in [5, 5.41) is 2.62. The minimum absolute atomic E-state index is 0.392. The summed E-state index contributed by atoms with van der Waals surface area (Å²) < 4.78 is 1.89.